The van der Waals surface area contributed by atoms with Gasteiger partial charge in [-0.1, -0.05) is 22.0 Å². The van der Waals surface area contributed by atoms with Crippen molar-refractivity contribution in [3.05, 3.63) is 28.2 Å². The van der Waals surface area contributed by atoms with Crippen LogP contribution in [-0.4, -0.2) is 19.0 Å². The molecule has 0 aliphatic heterocycles. The third kappa shape index (κ3) is 4.85. The fourth-order valence-corrected chi connectivity index (χ4v) is 2.38. The second-order valence-electron chi connectivity index (χ2n) is 3.54. The summed E-state index contributed by atoms with van der Waals surface area (Å²) in [7, 11) is 1.68. The molecule has 4 heteroatoms. The molecule has 0 atom stereocenters. The zero-order chi connectivity index (χ0) is 11.8. The van der Waals surface area contributed by atoms with E-state index in [0.29, 0.717) is 0 Å². The van der Waals surface area contributed by atoms with Crippen LogP contribution in [-0.2, 0) is 6.54 Å². The molecule has 16 heavy (non-hydrogen) atoms. The highest BCUT2D eigenvalue weighted by molar-refractivity contribution is 9.10. The molecule has 0 bridgehead atoms. The van der Waals surface area contributed by atoms with E-state index in [-0.39, 0.29) is 0 Å². The molecule has 0 fully saturated rings. The molecule has 2 nitrogen and oxygen atoms in total. The highest BCUT2D eigenvalue weighted by atomic mass is 79.9. The molecule has 1 N–H and O–H groups in total. The van der Waals surface area contributed by atoms with E-state index in [1.165, 1.54) is 18.4 Å². The lowest BCUT2D eigenvalue weighted by atomic mass is 10.2. The Morgan fingerprint density at radius 3 is 2.75 bits per heavy atom. The summed E-state index contributed by atoms with van der Waals surface area (Å²) in [5.41, 5.74) is 1.27. The first-order chi connectivity index (χ1) is 7.77. The second-order valence-corrected chi connectivity index (χ2v) is 5.19. The van der Waals surface area contributed by atoms with Gasteiger partial charge in [-0.3, -0.25) is 0 Å². The van der Waals surface area contributed by atoms with Gasteiger partial charge < -0.3 is 10.1 Å². The number of methoxy groups -OCH3 is 1. The number of benzene rings is 1. The van der Waals surface area contributed by atoms with Crippen molar-refractivity contribution in [1.29, 1.82) is 0 Å². The third-order valence-electron chi connectivity index (χ3n) is 2.28. The van der Waals surface area contributed by atoms with Gasteiger partial charge in [0.05, 0.1) is 11.6 Å². The van der Waals surface area contributed by atoms with Crippen molar-refractivity contribution in [2.75, 3.05) is 19.0 Å². The molecule has 0 aliphatic rings. The summed E-state index contributed by atoms with van der Waals surface area (Å²) in [4.78, 5) is 0. The van der Waals surface area contributed by atoms with Gasteiger partial charge in [0.2, 0.25) is 0 Å². The molecule has 0 saturated heterocycles. The maximum absolute atomic E-state index is 5.19. The smallest absolute Gasteiger partial charge is 0.133 e. The summed E-state index contributed by atoms with van der Waals surface area (Å²) >= 11 is 6.91. The first-order valence-electron chi connectivity index (χ1n) is 5.37. The average molecular weight is 351 g/mol. The van der Waals surface area contributed by atoms with Crippen molar-refractivity contribution in [3.63, 3.8) is 0 Å². The Kier molecular flexibility index (Phi) is 7.08. The highest BCUT2D eigenvalue weighted by Crippen LogP contribution is 2.25. The fraction of sp³-hybridized carbons (Fsp3) is 0.500. The lowest BCUT2D eigenvalue weighted by molar-refractivity contribution is 0.412. The van der Waals surface area contributed by atoms with Gasteiger partial charge in [-0.05, 0) is 53.0 Å². The van der Waals surface area contributed by atoms with Crippen LogP contribution in [0.3, 0.4) is 0 Å². The number of ether oxygens (including phenoxy) is 1. The minimum atomic E-state index is 0.878. The monoisotopic (exact) mass is 349 g/mol. The van der Waals surface area contributed by atoms with Crippen LogP contribution in [0.15, 0.2) is 22.7 Å². The molecular weight excluding hydrogens is 334 g/mol. The second kappa shape index (κ2) is 8.09. The molecule has 0 aliphatic carbocycles. The Labute approximate surface area is 114 Å². The average Bonchev–Trinajstić information content (AvgIpc) is 2.29. The first kappa shape index (κ1) is 14.0. The lowest BCUT2D eigenvalue weighted by Gasteiger charge is -2.07. The summed E-state index contributed by atoms with van der Waals surface area (Å²) in [6.07, 6.45) is 2.43. The molecule has 1 rings (SSSR count). The van der Waals surface area contributed by atoms with Gasteiger partial charge in [0.25, 0.3) is 0 Å². The Morgan fingerprint density at radius 1 is 1.31 bits per heavy atom. The number of alkyl halides is 1. The maximum Gasteiger partial charge on any atom is 0.133 e. The Balaban J connectivity index is 2.34. The molecular formula is C12H17Br2NO. The zero-order valence-electron chi connectivity index (χ0n) is 9.43. The van der Waals surface area contributed by atoms with Gasteiger partial charge in [0.15, 0.2) is 0 Å². The third-order valence-corrected chi connectivity index (χ3v) is 3.46. The standard InChI is InChI=1S/C12H17Br2NO/c1-16-12-5-4-10(8-11(12)14)9-15-7-3-2-6-13/h4-5,8,15H,2-3,6-7,9H2,1H3. The number of rotatable bonds is 7. The van der Waals surface area contributed by atoms with Crippen molar-refractivity contribution in [2.45, 2.75) is 19.4 Å². The number of unbranched alkanes of at least 4 members (excludes halogenated alkanes) is 1. The predicted octanol–water partition coefficient (Wildman–Crippen LogP) is 3.72. The molecule has 0 radical (unpaired) electrons. The summed E-state index contributed by atoms with van der Waals surface area (Å²) in [6.45, 7) is 1.97. The van der Waals surface area contributed by atoms with Crippen LogP contribution < -0.4 is 10.1 Å². The van der Waals surface area contributed by atoms with Gasteiger partial charge in [0.1, 0.15) is 5.75 Å². The van der Waals surface area contributed by atoms with Crippen molar-refractivity contribution in [1.82, 2.24) is 5.32 Å². The summed E-state index contributed by atoms with van der Waals surface area (Å²) < 4.78 is 6.19. The normalized spacial score (nSPS) is 10.4. The maximum atomic E-state index is 5.19. The minimum Gasteiger partial charge on any atom is -0.496 e. The van der Waals surface area contributed by atoms with Crippen LogP contribution in [0, 0.1) is 0 Å². The van der Waals surface area contributed by atoms with Crippen LogP contribution in [0.4, 0.5) is 0 Å². The van der Waals surface area contributed by atoms with Gasteiger partial charge in [-0.2, -0.15) is 0 Å². The molecule has 1 aromatic carbocycles. The molecule has 0 unspecified atom stereocenters. The summed E-state index contributed by atoms with van der Waals surface area (Å²) in [6, 6.07) is 6.16. The van der Waals surface area contributed by atoms with E-state index in [0.717, 1.165) is 28.6 Å². The van der Waals surface area contributed by atoms with E-state index in [9.17, 15) is 0 Å². The van der Waals surface area contributed by atoms with Crippen LogP contribution in [0.25, 0.3) is 0 Å². The summed E-state index contributed by atoms with van der Waals surface area (Å²) in [5, 5.41) is 4.50. The van der Waals surface area contributed by atoms with E-state index in [1.807, 2.05) is 6.07 Å². The van der Waals surface area contributed by atoms with Crippen molar-refractivity contribution in [3.8, 4) is 5.75 Å². The Hall–Kier alpha value is -0.0600. The molecule has 0 aromatic heterocycles. The van der Waals surface area contributed by atoms with Crippen LogP contribution in [0.1, 0.15) is 18.4 Å². The van der Waals surface area contributed by atoms with E-state index < -0.39 is 0 Å². The fourth-order valence-electron chi connectivity index (χ4n) is 1.40. The lowest BCUT2D eigenvalue weighted by Crippen LogP contribution is -2.14. The Morgan fingerprint density at radius 2 is 2.12 bits per heavy atom. The molecule has 0 saturated carbocycles. The molecule has 90 valence electrons. The quantitative estimate of drug-likeness (QED) is 0.597. The molecule has 0 heterocycles. The Bertz CT molecular complexity index is 318. The van der Waals surface area contributed by atoms with Crippen molar-refractivity contribution >= 4 is 31.9 Å². The van der Waals surface area contributed by atoms with E-state index in [1.54, 1.807) is 7.11 Å². The zero-order valence-corrected chi connectivity index (χ0v) is 12.6. The molecule has 1 aromatic rings. The van der Waals surface area contributed by atoms with E-state index in [2.05, 4.69) is 49.3 Å². The van der Waals surface area contributed by atoms with Gasteiger partial charge in [0, 0.05) is 11.9 Å². The summed E-state index contributed by atoms with van der Waals surface area (Å²) in [5.74, 6) is 0.878. The SMILES string of the molecule is COc1ccc(CNCCCCBr)cc1Br. The number of nitrogens with one attached hydrogen (secondary N) is 1. The highest BCUT2D eigenvalue weighted by Gasteiger charge is 2.00. The molecule has 0 spiro atoms. The number of halogens is 2. The van der Waals surface area contributed by atoms with Crippen LogP contribution >= 0.6 is 31.9 Å². The van der Waals surface area contributed by atoms with Gasteiger partial charge in [-0.15, -0.1) is 0 Å². The predicted molar refractivity (Wildman–Crippen MR) is 75.4 cm³/mol. The first-order valence-corrected chi connectivity index (χ1v) is 7.28. The minimum absolute atomic E-state index is 0.878. The van der Waals surface area contributed by atoms with Crippen molar-refractivity contribution in [2.24, 2.45) is 0 Å². The number of hydrogen-bond acceptors (Lipinski definition) is 2. The van der Waals surface area contributed by atoms with Crippen molar-refractivity contribution < 1.29 is 4.74 Å². The number of hydrogen-bond donors (Lipinski definition) is 1. The largest absolute Gasteiger partial charge is 0.496 e. The van der Waals surface area contributed by atoms with Gasteiger partial charge in [-0.25, -0.2) is 0 Å². The molecule has 0 amide bonds. The topological polar surface area (TPSA) is 21.3 Å². The van der Waals surface area contributed by atoms with E-state index in [4.69, 9.17) is 4.74 Å². The van der Waals surface area contributed by atoms with Crippen LogP contribution in [0.2, 0.25) is 0 Å². The van der Waals surface area contributed by atoms with Crippen LogP contribution in [0.5, 0.6) is 5.75 Å². The van der Waals surface area contributed by atoms with Gasteiger partial charge >= 0.3 is 0 Å². The van der Waals surface area contributed by atoms with E-state index >= 15 is 0 Å².